The molecule has 0 aromatic heterocycles. The maximum Gasteiger partial charge on any atom is 0.337 e. The average Bonchev–Trinajstić information content (AvgIpc) is 2.92. The fourth-order valence-electron chi connectivity index (χ4n) is 1.96. The highest BCUT2D eigenvalue weighted by Gasteiger charge is 2.22. The molecule has 96 valence electrons. The van der Waals surface area contributed by atoms with Gasteiger partial charge >= 0.3 is 5.97 Å². The molecule has 0 saturated carbocycles. The first-order valence-corrected chi connectivity index (χ1v) is 5.90. The molecule has 0 bridgehead atoms. The molecule has 1 atom stereocenters. The Hall–Kier alpha value is -1.88. The summed E-state index contributed by atoms with van der Waals surface area (Å²) in [4.78, 5) is 23.3. The summed E-state index contributed by atoms with van der Waals surface area (Å²) in [5, 5.41) is 5.96. The van der Waals surface area contributed by atoms with E-state index in [0.29, 0.717) is 17.8 Å². The predicted molar refractivity (Wildman–Crippen MR) is 67.4 cm³/mol. The van der Waals surface area contributed by atoms with Crippen molar-refractivity contribution in [1.29, 1.82) is 0 Å². The second-order valence-corrected chi connectivity index (χ2v) is 4.25. The van der Waals surface area contributed by atoms with E-state index in [9.17, 15) is 9.59 Å². The van der Waals surface area contributed by atoms with Gasteiger partial charge in [0.1, 0.15) is 0 Å². The molecule has 1 amide bonds. The van der Waals surface area contributed by atoms with E-state index in [-0.39, 0.29) is 11.8 Å². The topological polar surface area (TPSA) is 67.4 Å². The molecule has 1 unspecified atom stereocenters. The fraction of sp³-hybridized carbons (Fsp3) is 0.385. The highest BCUT2D eigenvalue weighted by atomic mass is 16.5. The van der Waals surface area contributed by atoms with E-state index in [1.165, 1.54) is 7.11 Å². The second-order valence-electron chi connectivity index (χ2n) is 4.25. The van der Waals surface area contributed by atoms with Gasteiger partial charge in [0.2, 0.25) is 5.91 Å². The van der Waals surface area contributed by atoms with E-state index in [1.54, 1.807) is 24.3 Å². The summed E-state index contributed by atoms with van der Waals surface area (Å²) in [7, 11) is 1.33. The van der Waals surface area contributed by atoms with Gasteiger partial charge in [-0.3, -0.25) is 4.79 Å². The van der Waals surface area contributed by atoms with Gasteiger partial charge < -0.3 is 15.4 Å². The molecule has 0 spiro atoms. The third-order valence-corrected chi connectivity index (χ3v) is 2.98. The minimum absolute atomic E-state index is 0.00628. The van der Waals surface area contributed by atoms with E-state index >= 15 is 0 Å². The number of anilines is 1. The van der Waals surface area contributed by atoms with Gasteiger partial charge in [0.25, 0.3) is 0 Å². The van der Waals surface area contributed by atoms with Gasteiger partial charge in [-0.15, -0.1) is 0 Å². The minimum Gasteiger partial charge on any atom is -0.465 e. The van der Waals surface area contributed by atoms with Gasteiger partial charge in [0, 0.05) is 12.2 Å². The highest BCUT2D eigenvalue weighted by molar-refractivity contribution is 5.95. The largest absolute Gasteiger partial charge is 0.465 e. The van der Waals surface area contributed by atoms with Gasteiger partial charge in [-0.2, -0.15) is 0 Å². The van der Waals surface area contributed by atoms with Crippen molar-refractivity contribution in [3.8, 4) is 0 Å². The quantitative estimate of drug-likeness (QED) is 0.784. The molecule has 1 aromatic carbocycles. The molecular weight excluding hydrogens is 232 g/mol. The SMILES string of the molecule is COC(=O)c1cccc(NC(=O)C2CCNC2)c1. The van der Waals surface area contributed by atoms with Gasteiger partial charge in [0.15, 0.2) is 0 Å². The van der Waals surface area contributed by atoms with Crippen molar-refractivity contribution in [3.63, 3.8) is 0 Å². The zero-order chi connectivity index (χ0) is 13.0. The van der Waals surface area contributed by atoms with E-state index in [4.69, 9.17) is 0 Å². The van der Waals surface area contributed by atoms with Gasteiger partial charge in [-0.25, -0.2) is 4.79 Å². The fourth-order valence-corrected chi connectivity index (χ4v) is 1.96. The number of hydrogen-bond acceptors (Lipinski definition) is 4. The first-order chi connectivity index (χ1) is 8.70. The number of ether oxygens (including phenoxy) is 1. The standard InChI is InChI=1S/C13H16N2O3/c1-18-13(17)9-3-2-4-11(7-9)15-12(16)10-5-6-14-8-10/h2-4,7,10,14H,5-6,8H2,1H3,(H,15,16). The average molecular weight is 248 g/mol. The van der Waals surface area contributed by atoms with Crippen LogP contribution in [0.2, 0.25) is 0 Å². The monoisotopic (exact) mass is 248 g/mol. The van der Waals surface area contributed by atoms with Crippen LogP contribution in [0.4, 0.5) is 5.69 Å². The number of benzene rings is 1. The molecule has 5 heteroatoms. The third kappa shape index (κ3) is 2.87. The number of amides is 1. The van der Waals surface area contributed by atoms with Crippen molar-refractivity contribution in [2.24, 2.45) is 5.92 Å². The van der Waals surface area contributed by atoms with Crippen LogP contribution in [0.5, 0.6) is 0 Å². The Morgan fingerprint density at radius 2 is 2.28 bits per heavy atom. The number of hydrogen-bond donors (Lipinski definition) is 2. The number of nitrogens with one attached hydrogen (secondary N) is 2. The summed E-state index contributed by atoms with van der Waals surface area (Å²) < 4.78 is 4.63. The summed E-state index contributed by atoms with van der Waals surface area (Å²) in [6.07, 6.45) is 0.850. The summed E-state index contributed by atoms with van der Waals surface area (Å²) in [6.45, 7) is 1.59. The Morgan fingerprint density at radius 1 is 1.44 bits per heavy atom. The van der Waals surface area contributed by atoms with E-state index in [2.05, 4.69) is 15.4 Å². The van der Waals surface area contributed by atoms with E-state index in [1.807, 2.05) is 0 Å². The molecule has 1 aromatic rings. The lowest BCUT2D eigenvalue weighted by molar-refractivity contribution is -0.119. The second kappa shape index (κ2) is 5.64. The molecular formula is C13H16N2O3. The van der Waals surface area contributed by atoms with Crippen LogP contribution in [-0.2, 0) is 9.53 Å². The smallest absolute Gasteiger partial charge is 0.337 e. The summed E-state index contributed by atoms with van der Waals surface area (Å²) in [6, 6.07) is 6.74. The Bertz CT molecular complexity index is 453. The molecule has 2 rings (SSSR count). The first-order valence-electron chi connectivity index (χ1n) is 5.90. The van der Waals surface area contributed by atoms with Crippen LogP contribution >= 0.6 is 0 Å². The number of rotatable bonds is 3. The van der Waals surface area contributed by atoms with Crippen molar-refractivity contribution in [1.82, 2.24) is 5.32 Å². The van der Waals surface area contributed by atoms with Gasteiger partial charge in [-0.1, -0.05) is 6.07 Å². The lowest BCUT2D eigenvalue weighted by atomic mass is 10.1. The van der Waals surface area contributed by atoms with Crippen LogP contribution < -0.4 is 10.6 Å². The molecule has 18 heavy (non-hydrogen) atoms. The Morgan fingerprint density at radius 3 is 2.94 bits per heavy atom. The summed E-state index contributed by atoms with van der Waals surface area (Å²) in [5.41, 5.74) is 1.05. The predicted octanol–water partition coefficient (Wildman–Crippen LogP) is 1.02. The Labute approximate surface area is 106 Å². The highest BCUT2D eigenvalue weighted by Crippen LogP contribution is 2.15. The number of methoxy groups -OCH3 is 1. The molecule has 1 aliphatic heterocycles. The normalized spacial score (nSPS) is 18.4. The number of esters is 1. The molecule has 2 N–H and O–H groups in total. The Balaban J connectivity index is 2.04. The lowest BCUT2D eigenvalue weighted by Crippen LogP contribution is -2.24. The first kappa shape index (κ1) is 12.6. The van der Waals surface area contributed by atoms with Gasteiger partial charge in [0.05, 0.1) is 18.6 Å². The van der Waals surface area contributed by atoms with Crippen molar-refractivity contribution in [2.45, 2.75) is 6.42 Å². The van der Waals surface area contributed by atoms with Crippen LogP contribution in [-0.4, -0.2) is 32.1 Å². The van der Waals surface area contributed by atoms with Crippen LogP contribution in [0, 0.1) is 5.92 Å². The third-order valence-electron chi connectivity index (χ3n) is 2.98. The van der Waals surface area contributed by atoms with Crippen molar-refractivity contribution >= 4 is 17.6 Å². The van der Waals surface area contributed by atoms with Gasteiger partial charge in [-0.05, 0) is 31.2 Å². The molecule has 1 heterocycles. The Kier molecular flexibility index (Phi) is 3.94. The summed E-state index contributed by atoms with van der Waals surface area (Å²) >= 11 is 0. The van der Waals surface area contributed by atoms with Crippen LogP contribution in [0.15, 0.2) is 24.3 Å². The van der Waals surface area contributed by atoms with Crippen molar-refractivity contribution in [2.75, 3.05) is 25.5 Å². The van der Waals surface area contributed by atoms with Crippen LogP contribution in [0.25, 0.3) is 0 Å². The molecule has 1 saturated heterocycles. The maximum absolute atomic E-state index is 11.9. The van der Waals surface area contributed by atoms with E-state index < -0.39 is 5.97 Å². The maximum atomic E-state index is 11.9. The van der Waals surface area contributed by atoms with Crippen molar-refractivity contribution in [3.05, 3.63) is 29.8 Å². The summed E-state index contributed by atoms with van der Waals surface area (Å²) in [5.74, 6) is -0.414. The van der Waals surface area contributed by atoms with E-state index in [0.717, 1.165) is 13.0 Å². The van der Waals surface area contributed by atoms with Crippen LogP contribution in [0.3, 0.4) is 0 Å². The van der Waals surface area contributed by atoms with Crippen LogP contribution in [0.1, 0.15) is 16.8 Å². The molecule has 0 radical (unpaired) electrons. The molecule has 5 nitrogen and oxygen atoms in total. The zero-order valence-corrected chi connectivity index (χ0v) is 10.2. The molecule has 1 aliphatic rings. The lowest BCUT2D eigenvalue weighted by Gasteiger charge is -2.10. The molecule has 1 fully saturated rings. The zero-order valence-electron chi connectivity index (χ0n) is 10.2. The minimum atomic E-state index is -0.409. The van der Waals surface area contributed by atoms with Crippen molar-refractivity contribution < 1.29 is 14.3 Å². The number of carbonyl (C=O) groups excluding carboxylic acids is 2. The molecule has 0 aliphatic carbocycles. The number of carbonyl (C=O) groups is 2.